The molecule has 9 nitrogen and oxygen atoms in total. The average molecular weight is 480 g/mol. The molecular formula is C26H29N3O6. The summed E-state index contributed by atoms with van der Waals surface area (Å²) in [6.45, 7) is 7.33. The molecule has 2 amide bonds. The minimum Gasteiger partial charge on any atom is -0.503 e. The van der Waals surface area contributed by atoms with E-state index < -0.39 is 28.9 Å². The second-order valence-electron chi connectivity index (χ2n) is 9.06. The number of morpholine rings is 1. The number of carbonyl (C=O) groups excluding carboxylic acids is 3. The van der Waals surface area contributed by atoms with Crippen molar-refractivity contribution in [1.82, 2.24) is 9.80 Å². The van der Waals surface area contributed by atoms with Crippen molar-refractivity contribution in [3.05, 3.63) is 64.8 Å². The van der Waals surface area contributed by atoms with Crippen molar-refractivity contribution in [2.75, 3.05) is 50.8 Å². The number of hydrogen-bond acceptors (Lipinski definition) is 7. The summed E-state index contributed by atoms with van der Waals surface area (Å²) in [6, 6.07) is 10.3. The standard InChI is InChI=1S/C26H29N3O6/c1-3-10-28-19-7-5-4-6-18(19)26(25(28)33)21(22(30)20-9-8-17(2)35-20)23(31)24(32)29(26)12-11-27-13-15-34-16-14-27/h4-9,31H,3,10-16H2,1-2H3/t26-/m1/s1. The molecule has 1 fully saturated rings. The monoisotopic (exact) mass is 479 g/mol. The number of hydrogen-bond donors (Lipinski definition) is 1. The Morgan fingerprint density at radius 1 is 1.06 bits per heavy atom. The van der Waals surface area contributed by atoms with Crippen LogP contribution in [-0.2, 0) is 19.9 Å². The predicted molar refractivity (Wildman–Crippen MR) is 127 cm³/mol. The zero-order valence-corrected chi connectivity index (χ0v) is 20.0. The summed E-state index contributed by atoms with van der Waals surface area (Å²) in [7, 11) is 0. The molecule has 0 saturated carbocycles. The van der Waals surface area contributed by atoms with Gasteiger partial charge in [0.15, 0.2) is 17.1 Å². The fourth-order valence-corrected chi connectivity index (χ4v) is 5.36. The number of Topliss-reactive ketones (excluding diaryl/α,β-unsaturated/α-hetero) is 1. The lowest BCUT2D eigenvalue weighted by Crippen LogP contribution is -2.56. The van der Waals surface area contributed by atoms with E-state index in [2.05, 4.69) is 4.90 Å². The minimum atomic E-state index is -1.75. The average Bonchev–Trinajstić information content (AvgIpc) is 3.48. The first-order valence-corrected chi connectivity index (χ1v) is 12.0. The fraction of sp³-hybridized carbons (Fsp3) is 0.423. The molecule has 3 aliphatic rings. The van der Waals surface area contributed by atoms with Gasteiger partial charge in [0.2, 0.25) is 5.78 Å². The number of aliphatic hydroxyl groups excluding tert-OH is 1. The summed E-state index contributed by atoms with van der Waals surface area (Å²) in [5.41, 5.74) is -0.838. The van der Waals surface area contributed by atoms with Gasteiger partial charge in [-0.05, 0) is 31.5 Å². The molecule has 3 aliphatic heterocycles. The highest BCUT2D eigenvalue weighted by Crippen LogP contribution is 2.53. The molecule has 1 saturated heterocycles. The Balaban J connectivity index is 1.66. The number of amides is 2. The highest BCUT2D eigenvalue weighted by atomic mass is 16.5. The highest BCUT2D eigenvalue weighted by Gasteiger charge is 2.65. The van der Waals surface area contributed by atoms with E-state index >= 15 is 0 Å². The Morgan fingerprint density at radius 2 is 1.80 bits per heavy atom. The summed E-state index contributed by atoms with van der Waals surface area (Å²) >= 11 is 0. The third-order valence-corrected chi connectivity index (χ3v) is 6.97. The Morgan fingerprint density at radius 3 is 2.49 bits per heavy atom. The first-order chi connectivity index (χ1) is 16.9. The van der Waals surface area contributed by atoms with Crippen LogP contribution >= 0.6 is 0 Å². The number of carbonyl (C=O) groups is 3. The molecule has 0 unspecified atom stereocenters. The van der Waals surface area contributed by atoms with Crippen LogP contribution in [0.5, 0.6) is 0 Å². The maximum absolute atomic E-state index is 14.3. The lowest BCUT2D eigenvalue weighted by molar-refractivity contribution is -0.140. The quantitative estimate of drug-likeness (QED) is 0.608. The molecule has 35 heavy (non-hydrogen) atoms. The van der Waals surface area contributed by atoms with Crippen LogP contribution in [0.3, 0.4) is 0 Å². The number of fused-ring (bicyclic) bond motifs is 2. The molecule has 1 atom stereocenters. The van der Waals surface area contributed by atoms with Gasteiger partial charge in [0, 0.05) is 38.3 Å². The summed E-state index contributed by atoms with van der Waals surface area (Å²) in [6.07, 6.45) is 0.689. The van der Waals surface area contributed by atoms with Crippen molar-refractivity contribution < 1.29 is 28.6 Å². The molecule has 0 bridgehead atoms. The van der Waals surface area contributed by atoms with Gasteiger partial charge in [0.1, 0.15) is 5.76 Å². The minimum absolute atomic E-state index is 0.0227. The van der Waals surface area contributed by atoms with Gasteiger partial charge in [-0.15, -0.1) is 0 Å². The number of aryl methyl sites for hydroxylation is 1. The fourth-order valence-electron chi connectivity index (χ4n) is 5.36. The molecule has 0 aliphatic carbocycles. The lowest BCUT2D eigenvalue weighted by Gasteiger charge is -2.37. The normalized spacial score (nSPS) is 22.6. The third kappa shape index (κ3) is 3.49. The van der Waals surface area contributed by atoms with E-state index in [1.165, 1.54) is 11.0 Å². The van der Waals surface area contributed by atoms with Crippen molar-refractivity contribution in [3.63, 3.8) is 0 Å². The Hall–Kier alpha value is -3.43. The predicted octanol–water partition coefficient (Wildman–Crippen LogP) is 2.41. The number of rotatable bonds is 7. The van der Waals surface area contributed by atoms with Gasteiger partial charge in [-0.2, -0.15) is 0 Å². The summed E-state index contributed by atoms with van der Waals surface area (Å²) < 4.78 is 11.0. The topological polar surface area (TPSA) is 104 Å². The van der Waals surface area contributed by atoms with Crippen molar-refractivity contribution in [2.24, 2.45) is 0 Å². The van der Waals surface area contributed by atoms with Crippen molar-refractivity contribution in [3.8, 4) is 0 Å². The second kappa shape index (κ2) is 8.98. The Kier molecular flexibility index (Phi) is 5.98. The molecule has 5 rings (SSSR count). The molecule has 1 N–H and O–H groups in total. The number of nitrogens with zero attached hydrogens (tertiary/aromatic N) is 3. The SMILES string of the molecule is CCCN1C(=O)[C@]2(C(C(=O)c3ccc(C)o3)=C(O)C(=O)N2CCN2CCOCC2)c2ccccc21. The van der Waals surface area contributed by atoms with Gasteiger partial charge >= 0.3 is 0 Å². The van der Waals surface area contributed by atoms with Gasteiger partial charge < -0.3 is 24.1 Å². The van der Waals surface area contributed by atoms with Gasteiger partial charge in [0.05, 0.1) is 24.5 Å². The summed E-state index contributed by atoms with van der Waals surface area (Å²) in [4.78, 5) is 46.7. The molecule has 1 spiro atoms. The van der Waals surface area contributed by atoms with Gasteiger partial charge in [-0.3, -0.25) is 19.3 Å². The first-order valence-electron chi connectivity index (χ1n) is 12.0. The number of aliphatic hydroxyl groups is 1. The number of benzene rings is 1. The van der Waals surface area contributed by atoms with Crippen LogP contribution in [0, 0.1) is 6.92 Å². The molecule has 1 aromatic heterocycles. The molecule has 9 heteroatoms. The van der Waals surface area contributed by atoms with Crippen LogP contribution in [-0.4, -0.2) is 78.4 Å². The second-order valence-corrected chi connectivity index (χ2v) is 9.06. The Bertz CT molecular complexity index is 1210. The number of para-hydroxylation sites is 1. The van der Waals surface area contributed by atoms with Gasteiger partial charge in [0.25, 0.3) is 11.8 Å². The smallest absolute Gasteiger partial charge is 0.290 e. The molecule has 0 radical (unpaired) electrons. The zero-order chi connectivity index (χ0) is 24.7. The van der Waals surface area contributed by atoms with E-state index in [1.54, 1.807) is 30.0 Å². The number of furan rings is 1. The number of ether oxygens (including phenoxy) is 1. The van der Waals surface area contributed by atoms with Gasteiger partial charge in [-0.25, -0.2) is 0 Å². The van der Waals surface area contributed by atoms with E-state index in [-0.39, 0.29) is 17.9 Å². The van der Waals surface area contributed by atoms with E-state index in [9.17, 15) is 19.5 Å². The van der Waals surface area contributed by atoms with Crippen LogP contribution in [0.1, 0.15) is 35.2 Å². The van der Waals surface area contributed by atoms with Crippen LogP contribution in [0.25, 0.3) is 0 Å². The van der Waals surface area contributed by atoms with E-state index in [0.29, 0.717) is 62.8 Å². The van der Waals surface area contributed by atoms with Crippen LogP contribution in [0.4, 0.5) is 5.69 Å². The molecule has 2 aromatic rings. The Labute approximate surface area is 203 Å². The van der Waals surface area contributed by atoms with Crippen molar-refractivity contribution in [1.29, 1.82) is 0 Å². The van der Waals surface area contributed by atoms with Crippen LogP contribution < -0.4 is 4.90 Å². The number of ketones is 1. The van der Waals surface area contributed by atoms with E-state index in [1.807, 2.05) is 19.1 Å². The maximum atomic E-state index is 14.3. The molecule has 4 heterocycles. The maximum Gasteiger partial charge on any atom is 0.290 e. The molecule has 184 valence electrons. The zero-order valence-electron chi connectivity index (χ0n) is 20.0. The summed E-state index contributed by atoms with van der Waals surface area (Å²) in [5, 5.41) is 11.1. The number of anilines is 1. The van der Waals surface area contributed by atoms with E-state index in [0.717, 1.165) is 0 Å². The third-order valence-electron chi connectivity index (χ3n) is 6.97. The summed E-state index contributed by atoms with van der Waals surface area (Å²) in [5.74, 6) is -2.02. The van der Waals surface area contributed by atoms with Gasteiger partial charge in [-0.1, -0.05) is 25.1 Å². The molecule has 1 aromatic carbocycles. The van der Waals surface area contributed by atoms with E-state index in [4.69, 9.17) is 9.15 Å². The lowest BCUT2D eigenvalue weighted by atomic mass is 9.81. The van der Waals surface area contributed by atoms with Crippen molar-refractivity contribution >= 4 is 23.3 Å². The van der Waals surface area contributed by atoms with Crippen LogP contribution in [0.2, 0.25) is 0 Å². The largest absolute Gasteiger partial charge is 0.503 e. The van der Waals surface area contributed by atoms with Crippen LogP contribution in [0.15, 0.2) is 52.1 Å². The highest BCUT2D eigenvalue weighted by molar-refractivity contribution is 6.25. The van der Waals surface area contributed by atoms with Crippen molar-refractivity contribution in [2.45, 2.75) is 25.8 Å². The first kappa shape index (κ1) is 23.3. The molecular weight excluding hydrogens is 450 g/mol.